The van der Waals surface area contributed by atoms with Crippen molar-refractivity contribution in [3.05, 3.63) is 181 Å². The predicted molar refractivity (Wildman–Crippen MR) is 244 cm³/mol. The van der Waals surface area contributed by atoms with Gasteiger partial charge in [0.15, 0.2) is 17.5 Å². The molecule has 0 aliphatic heterocycles. The van der Waals surface area contributed by atoms with Crippen LogP contribution < -0.4 is 0 Å². The average Bonchev–Trinajstić information content (AvgIpc) is 3.82. The van der Waals surface area contributed by atoms with Crippen molar-refractivity contribution in [1.82, 2.24) is 19.5 Å². The maximum atomic E-state index is 6.95. The summed E-state index contributed by atoms with van der Waals surface area (Å²) in [6.07, 6.45) is 2.05. The van der Waals surface area contributed by atoms with Crippen LogP contribution in [-0.4, -0.2) is 19.5 Å². The van der Waals surface area contributed by atoms with E-state index in [4.69, 9.17) is 19.4 Å². The van der Waals surface area contributed by atoms with Crippen LogP contribution in [0.3, 0.4) is 0 Å². The zero-order chi connectivity index (χ0) is 39.0. The molecule has 0 saturated heterocycles. The minimum Gasteiger partial charge on any atom is -0.455 e. The van der Waals surface area contributed by atoms with Crippen LogP contribution in [0.25, 0.3) is 116 Å². The van der Waals surface area contributed by atoms with E-state index < -0.39 is 0 Å². The fourth-order valence-corrected chi connectivity index (χ4v) is 9.20. The number of aromatic nitrogens is 4. The predicted octanol–water partition coefficient (Wildman–Crippen LogP) is 14.3. The molecule has 3 heterocycles. The summed E-state index contributed by atoms with van der Waals surface area (Å²) in [5.74, 6) is 1.76. The second kappa shape index (κ2) is 13.2. The normalized spacial score (nSPS) is 11.9. The maximum Gasteiger partial charge on any atom is 0.170 e. The number of benzene rings is 9. The number of rotatable bonds is 6. The SMILES string of the molecule is CCCc1ccc2c3cc4ccccc4cc3n(-c3ccc4c(oc5ccccc54)c3-c3nc(-c4cccc5ccccc45)nc(-c4cccc5ccccc45)n3)c2c1. The van der Waals surface area contributed by atoms with E-state index in [-0.39, 0.29) is 0 Å². The van der Waals surface area contributed by atoms with Gasteiger partial charge >= 0.3 is 0 Å². The van der Waals surface area contributed by atoms with Gasteiger partial charge in [-0.1, -0.05) is 153 Å². The fourth-order valence-electron chi connectivity index (χ4n) is 9.20. The standard InChI is InChI=1S/C54H36N4O/c1-2-13-33-26-27-40-45-31-36-16-3-4-17-37(36)32-48(45)58(47(40)30-33)46-29-28-42-41-22-9-10-25-49(41)59-51(42)50(46)54-56-52(43-23-11-18-34-14-5-7-20-38(34)43)55-53(57-54)44-24-12-19-35-15-6-8-21-39(35)44/h3-12,14-32H,2,13H2,1H3. The van der Waals surface area contributed by atoms with Gasteiger partial charge in [-0.2, -0.15) is 0 Å². The molecule has 3 aromatic heterocycles. The second-order valence-corrected chi connectivity index (χ2v) is 15.4. The summed E-state index contributed by atoms with van der Waals surface area (Å²) in [5, 5.41) is 11.3. The lowest BCUT2D eigenvalue weighted by Crippen LogP contribution is -2.04. The Morgan fingerprint density at radius 3 is 1.69 bits per heavy atom. The van der Waals surface area contributed by atoms with Crippen LogP contribution in [0.4, 0.5) is 0 Å². The molecule has 5 nitrogen and oxygen atoms in total. The highest BCUT2D eigenvalue weighted by atomic mass is 16.3. The summed E-state index contributed by atoms with van der Waals surface area (Å²) in [6, 6.07) is 62.5. The van der Waals surface area contributed by atoms with Gasteiger partial charge in [0.05, 0.1) is 22.3 Å². The Hall–Kier alpha value is -7.63. The minimum absolute atomic E-state index is 0.547. The van der Waals surface area contributed by atoms with Gasteiger partial charge in [-0.3, -0.25) is 0 Å². The molecule has 12 rings (SSSR count). The van der Waals surface area contributed by atoms with Gasteiger partial charge in [0.1, 0.15) is 11.2 Å². The van der Waals surface area contributed by atoms with E-state index >= 15 is 0 Å². The Kier molecular flexibility index (Phi) is 7.51. The van der Waals surface area contributed by atoms with Gasteiger partial charge in [0.2, 0.25) is 0 Å². The number of aryl methyl sites for hydroxylation is 1. The molecule has 0 aliphatic rings. The molecule has 0 amide bonds. The molecule has 0 aliphatic carbocycles. The lowest BCUT2D eigenvalue weighted by atomic mass is 10.0. The van der Waals surface area contributed by atoms with Crippen molar-refractivity contribution in [3.63, 3.8) is 0 Å². The van der Waals surface area contributed by atoms with E-state index in [0.29, 0.717) is 17.5 Å². The van der Waals surface area contributed by atoms with E-state index in [9.17, 15) is 0 Å². The summed E-state index contributed by atoms with van der Waals surface area (Å²) in [6.45, 7) is 2.24. The first-order valence-corrected chi connectivity index (χ1v) is 20.3. The first-order valence-electron chi connectivity index (χ1n) is 20.3. The van der Waals surface area contributed by atoms with Gasteiger partial charge in [0, 0.05) is 32.7 Å². The number of nitrogens with zero attached hydrogens (tertiary/aromatic N) is 4. The highest BCUT2D eigenvalue weighted by Gasteiger charge is 2.25. The molecular formula is C54H36N4O. The minimum atomic E-state index is 0.547. The number of furan rings is 1. The van der Waals surface area contributed by atoms with Crippen LogP contribution in [0.15, 0.2) is 180 Å². The lowest BCUT2D eigenvalue weighted by Gasteiger charge is -2.16. The molecular weight excluding hydrogens is 721 g/mol. The third kappa shape index (κ3) is 5.28. The molecule has 0 unspecified atom stereocenters. The van der Waals surface area contributed by atoms with E-state index in [1.807, 2.05) is 12.1 Å². The van der Waals surface area contributed by atoms with E-state index in [2.05, 4.69) is 175 Å². The first-order chi connectivity index (χ1) is 29.2. The average molecular weight is 757 g/mol. The van der Waals surface area contributed by atoms with Crippen LogP contribution in [-0.2, 0) is 6.42 Å². The van der Waals surface area contributed by atoms with E-state index in [0.717, 1.165) is 89.7 Å². The van der Waals surface area contributed by atoms with Crippen LogP contribution in [0.5, 0.6) is 0 Å². The van der Waals surface area contributed by atoms with Gasteiger partial charge in [0.25, 0.3) is 0 Å². The monoisotopic (exact) mass is 756 g/mol. The highest BCUT2D eigenvalue weighted by Crippen LogP contribution is 2.44. The Bertz CT molecular complexity index is 3540. The van der Waals surface area contributed by atoms with E-state index in [1.54, 1.807) is 0 Å². The van der Waals surface area contributed by atoms with Crippen molar-refractivity contribution >= 4 is 76.1 Å². The molecule has 0 saturated carbocycles. The molecule has 0 spiro atoms. The van der Waals surface area contributed by atoms with Crippen LogP contribution >= 0.6 is 0 Å². The van der Waals surface area contributed by atoms with E-state index in [1.165, 1.54) is 27.1 Å². The van der Waals surface area contributed by atoms with Gasteiger partial charge in [-0.15, -0.1) is 0 Å². The summed E-state index contributed by atoms with van der Waals surface area (Å²) in [4.78, 5) is 16.3. The quantitative estimate of drug-likeness (QED) is 0.170. The van der Waals surface area contributed by atoms with Crippen molar-refractivity contribution in [2.75, 3.05) is 0 Å². The largest absolute Gasteiger partial charge is 0.455 e. The van der Waals surface area contributed by atoms with Crippen LogP contribution in [0.1, 0.15) is 18.9 Å². The molecule has 5 heteroatoms. The molecule has 9 aromatic carbocycles. The van der Waals surface area contributed by atoms with Crippen LogP contribution in [0.2, 0.25) is 0 Å². The van der Waals surface area contributed by atoms with Crippen molar-refractivity contribution in [2.24, 2.45) is 0 Å². The summed E-state index contributed by atoms with van der Waals surface area (Å²) in [7, 11) is 0. The third-order valence-corrected chi connectivity index (χ3v) is 11.9. The number of hydrogen-bond acceptors (Lipinski definition) is 4. The van der Waals surface area contributed by atoms with Crippen molar-refractivity contribution in [2.45, 2.75) is 19.8 Å². The Morgan fingerprint density at radius 1 is 0.441 bits per heavy atom. The smallest absolute Gasteiger partial charge is 0.170 e. The first kappa shape index (κ1) is 33.5. The lowest BCUT2D eigenvalue weighted by molar-refractivity contribution is 0.669. The zero-order valence-electron chi connectivity index (χ0n) is 32.4. The Balaban J connectivity index is 1.25. The summed E-state index contributed by atoms with van der Waals surface area (Å²) < 4.78 is 9.37. The number of hydrogen-bond donors (Lipinski definition) is 0. The van der Waals surface area contributed by atoms with Gasteiger partial charge in [-0.25, -0.2) is 15.0 Å². The van der Waals surface area contributed by atoms with Crippen molar-refractivity contribution in [1.29, 1.82) is 0 Å². The highest BCUT2D eigenvalue weighted by molar-refractivity contribution is 6.16. The molecule has 278 valence electrons. The maximum absolute atomic E-state index is 6.95. The molecule has 0 fully saturated rings. The number of para-hydroxylation sites is 1. The van der Waals surface area contributed by atoms with Gasteiger partial charge in [-0.05, 0) is 80.7 Å². The molecule has 59 heavy (non-hydrogen) atoms. The Labute approximate surface area is 339 Å². The molecule has 0 atom stereocenters. The van der Waals surface area contributed by atoms with Crippen molar-refractivity contribution in [3.8, 4) is 39.9 Å². The zero-order valence-corrected chi connectivity index (χ0v) is 32.4. The summed E-state index contributed by atoms with van der Waals surface area (Å²) in [5.41, 5.74) is 8.75. The topological polar surface area (TPSA) is 56.7 Å². The molecule has 0 radical (unpaired) electrons. The Morgan fingerprint density at radius 2 is 1.00 bits per heavy atom. The third-order valence-electron chi connectivity index (χ3n) is 11.9. The number of fused-ring (bicyclic) bond motifs is 9. The molecule has 0 bridgehead atoms. The summed E-state index contributed by atoms with van der Waals surface area (Å²) >= 11 is 0. The second-order valence-electron chi connectivity index (χ2n) is 15.4. The molecule has 0 N–H and O–H groups in total. The van der Waals surface area contributed by atoms with Gasteiger partial charge < -0.3 is 8.98 Å². The van der Waals surface area contributed by atoms with Crippen LogP contribution in [0, 0.1) is 0 Å². The fraction of sp³-hybridized carbons (Fsp3) is 0.0556. The van der Waals surface area contributed by atoms with Crippen molar-refractivity contribution < 1.29 is 4.42 Å². The molecule has 12 aromatic rings.